The third kappa shape index (κ3) is 2.65. The van der Waals surface area contributed by atoms with Crippen molar-refractivity contribution >= 4 is 22.4 Å². The Morgan fingerprint density at radius 2 is 2.06 bits per heavy atom. The van der Waals surface area contributed by atoms with Gasteiger partial charge >= 0.3 is 0 Å². The van der Waals surface area contributed by atoms with Gasteiger partial charge in [-0.15, -0.1) is 11.3 Å². The van der Waals surface area contributed by atoms with E-state index in [2.05, 4.69) is 15.3 Å². The number of pyridine rings is 1. The molecule has 0 aromatic carbocycles. The van der Waals surface area contributed by atoms with Crippen molar-refractivity contribution in [1.82, 2.24) is 9.97 Å². The Bertz CT molecular complexity index is 638. The maximum absolute atomic E-state index is 11.9. The molecular formula is C12H13N3O2S. The number of carbonyl (C=O) groups excluding carboxylic acids is 1. The Labute approximate surface area is 108 Å². The Balaban J connectivity index is 2.24. The van der Waals surface area contributed by atoms with Crippen LogP contribution in [0.2, 0.25) is 0 Å². The number of amides is 1. The summed E-state index contributed by atoms with van der Waals surface area (Å²) in [6.07, 6.45) is 0. The summed E-state index contributed by atoms with van der Waals surface area (Å²) in [6, 6.07) is 2.90. The van der Waals surface area contributed by atoms with E-state index in [-0.39, 0.29) is 11.5 Å². The van der Waals surface area contributed by atoms with Gasteiger partial charge in [-0.05, 0) is 26.8 Å². The molecule has 0 aliphatic carbocycles. The van der Waals surface area contributed by atoms with E-state index in [9.17, 15) is 9.59 Å². The predicted molar refractivity (Wildman–Crippen MR) is 71.3 cm³/mol. The molecule has 5 nitrogen and oxygen atoms in total. The van der Waals surface area contributed by atoms with E-state index in [4.69, 9.17) is 0 Å². The Morgan fingerprint density at radius 1 is 1.33 bits per heavy atom. The van der Waals surface area contributed by atoms with Gasteiger partial charge in [-0.3, -0.25) is 14.9 Å². The highest BCUT2D eigenvalue weighted by Crippen LogP contribution is 2.21. The SMILES string of the molecule is Cc1cc(C(=O)Nc2nc(C)c(C)s2)cc(=O)[nH]1. The number of hydrogen-bond acceptors (Lipinski definition) is 4. The lowest BCUT2D eigenvalue weighted by atomic mass is 10.2. The summed E-state index contributed by atoms with van der Waals surface area (Å²) < 4.78 is 0. The van der Waals surface area contributed by atoms with Gasteiger partial charge in [0.1, 0.15) is 0 Å². The monoisotopic (exact) mass is 263 g/mol. The molecule has 2 heterocycles. The van der Waals surface area contributed by atoms with Crippen molar-refractivity contribution < 1.29 is 4.79 Å². The van der Waals surface area contributed by atoms with Crippen molar-refractivity contribution in [2.24, 2.45) is 0 Å². The second kappa shape index (κ2) is 4.73. The standard InChI is InChI=1S/C12H13N3O2S/c1-6-4-9(5-10(16)13-6)11(17)15-12-14-7(2)8(3)18-12/h4-5H,1-3H3,(H,13,16)(H,14,15,17). The van der Waals surface area contributed by atoms with Crippen molar-refractivity contribution in [3.8, 4) is 0 Å². The van der Waals surface area contributed by atoms with Crippen molar-refractivity contribution in [2.75, 3.05) is 5.32 Å². The first-order chi connectivity index (χ1) is 8.45. The molecule has 2 N–H and O–H groups in total. The number of nitrogens with zero attached hydrogens (tertiary/aromatic N) is 1. The van der Waals surface area contributed by atoms with Crippen molar-refractivity contribution in [2.45, 2.75) is 20.8 Å². The van der Waals surface area contributed by atoms with E-state index in [0.29, 0.717) is 16.4 Å². The molecule has 18 heavy (non-hydrogen) atoms. The molecule has 0 fully saturated rings. The molecule has 1 amide bonds. The largest absolute Gasteiger partial charge is 0.326 e. The fourth-order valence-corrected chi connectivity index (χ4v) is 2.32. The molecule has 0 aliphatic rings. The van der Waals surface area contributed by atoms with Gasteiger partial charge in [0.05, 0.1) is 5.69 Å². The zero-order valence-electron chi connectivity index (χ0n) is 10.3. The summed E-state index contributed by atoms with van der Waals surface area (Å²) in [7, 11) is 0. The minimum Gasteiger partial charge on any atom is -0.326 e. The van der Waals surface area contributed by atoms with Crippen LogP contribution in [-0.4, -0.2) is 15.9 Å². The lowest BCUT2D eigenvalue weighted by Gasteiger charge is -2.02. The van der Waals surface area contributed by atoms with Gasteiger partial charge in [-0.25, -0.2) is 4.98 Å². The maximum Gasteiger partial charge on any atom is 0.257 e. The summed E-state index contributed by atoms with van der Waals surface area (Å²) >= 11 is 1.42. The first-order valence-corrected chi connectivity index (χ1v) is 6.23. The molecule has 2 aromatic heterocycles. The number of thiazole rings is 1. The number of rotatable bonds is 2. The molecule has 0 aliphatic heterocycles. The Hall–Kier alpha value is -1.95. The van der Waals surface area contributed by atoms with Gasteiger partial charge in [-0.1, -0.05) is 0 Å². The van der Waals surface area contributed by atoms with Gasteiger partial charge in [0.15, 0.2) is 5.13 Å². The fraction of sp³-hybridized carbons (Fsp3) is 0.250. The quantitative estimate of drug-likeness (QED) is 0.870. The molecule has 2 aromatic rings. The van der Waals surface area contributed by atoms with Crippen LogP contribution >= 0.6 is 11.3 Å². The third-order valence-electron chi connectivity index (χ3n) is 2.49. The molecule has 0 saturated carbocycles. The van der Waals surface area contributed by atoms with E-state index < -0.39 is 0 Å². The van der Waals surface area contributed by atoms with Crippen molar-refractivity contribution in [1.29, 1.82) is 0 Å². The molecule has 0 radical (unpaired) electrons. The molecule has 0 atom stereocenters. The second-order valence-corrected chi connectivity index (χ2v) is 5.23. The van der Waals surface area contributed by atoms with Crippen LogP contribution in [0.1, 0.15) is 26.6 Å². The molecular weight excluding hydrogens is 250 g/mol. The number of nitrogens with one attached hydrogen (secondary N) is 2. The normalized spacial score (nSPS) is 10.4. The number of H-pyrrole nitrogens is 1. The lowest BCUT2D eigenvalue weighted by molar-refractivity contribution is 0.102. The van der Waals surface area contributed by atoms with E-state index in [1.165, 1.54) is 17.4 Å². The summed E-state index contributed by atoms with van der Waals surface area (Å²) in [5, 5.41) is 3.24. The molecule has 0 bridgehead atoms. The minimum absolute atomic E-state index is 0.286. The summed E-state index contributed by atoms with van der Waals surface area (Å²) in [6.45, 7) is 5.56. The zero-order chi connectivity index (χ0) is 13.3. The fourth-order valence-electron chi connectivity index (χ4n) is 1.51. The average molecular weight is 263 g/mol. The number of carbonyl (C=O) groups is 1. The first kappa shape index (κ1) is 12.5. The van der Waals surface area contributed by atoms with Crippen LogP contribution < -0.4 is 10.9 Å². The lowest BCUT2D eigenvalue weighted by Crippen LogP contribution is -2.16. The van der Waals surface area contributed by atoms with Gasteiger partial charge in [0.2, 0.25) is 5.56 Å². The Kier molecular flexibility index (Phi) is 3.29. The number of hydrogen-bond donors (Lipinski definition) is 2. The van der Waals surface area contributed by atoms with E-state index in [0.717, 1.165) is 10.6 Å². The molecule has 0 spiro atoms. The highest BCUT2D eigenvalue weighted by Gasteiger charge is 2.11. The van der Waals surface area contributed by atoms with Crippen LogP contribution in [0, 0.1) is 20.8 Å². The number of aromatic amines is 1. The zero-order valence-corrected chi connectivity index (χ0v) is 11.1. The second-order valence-electron chi connectivity index (χ2n) is 4.03. The highest BCUT2D eigenvalue weighted by molar-refractivity contribution is 7.15. The number of anilines is 1. The van der Waals surface area contributed by atoms with Gasteiger partial charge in [0, 0.05) is 22.2 Å². The van der Waals surface area contributed by atoms with Gasteiger partial charge in [-0.2, -0.15) is 0 Å². The first-order valence-electron chi connectivity index (χ1n) is 5.42. The topological polar surface area (TPSA) is 74.8 Å². The van der Waals surface area contributed by atoms with Crippen LogP contribution in [0.3, 0.4) is 0 Å². The molecule has 6 heteroatoms. The molecule has 2 rings (SSSR count). The van der Waals surface area contributed by atoms with E-state index in [1.807, 2.05) is 13.8 Å². The van der Waals surface area contributed by atoms with Crippen molar-refractivity contribution in [3.63, 3.8) is 0 Å². The van der Waals surface area contributed by atoms with Crippen molar-refractivity contribution in [3.05, 3.63) is 44.3 Å². The number of aromatic nitrogens is 2. The predicted octanol–water partition coefficient (Wildman–Crippen LogP) is 2.01. The molecule has 0 unspecified atom stereocenters. The van der Waals surface area contributed by atoms with Crippen LogP contribution in [0.5, 0.6) is 0 Å². The van der Waals surface area contributed by atoms with E-state index >= 15 is 0 Å². The molecule has 0 saturated heterocycles. The van der Waals surface area contributed by atoms with Crippen LogP contribution in [-0.2, 0) is 0 Å². The smallest absolute Gasteiger partial charge is 0.257 e. The van der Waals surface area contributed by atoms with Crippen LogP contribution in [0.25, 0.3) is 0 Å². The average Bonchev–Trinajstić information content (AvgIpc) is 2.56. The third-order valence-corrected chi connectivity index (χ3v) is 3.48. The van der Waals surface area contributed by atoms with Crippen LogP contribution in [0.4, 0.5) is 5.13 Å². The number of aryl methyl sites for hydroxylation is 3. The van der Waals surface area contributed by atoms with E-state index in [1.54, 1.807) is 13.0 Å². The summed E-state index contributed by atoms with van der Waals surface area (Å²) in [5.74, 6) is -0.321. The summed E-state index contributed by atoms with van der Waals surface area (Å²) in [4.78, 5) is 31.1. The summed E-state index contributed by atoms with van der Waals surface area (Å²) in [5.41, 5.74) is 1.60. The van der Waals surface area contributed by atoms with Gasteiger partial charge in [0.25, 0.3) is 5.91 Å². The Morgan fingerprint density at radius 3 is 2.61 bits per heavy atom. The van der Waals surface area contributed by atoms with Gasteiger partial charge < -0.3 is 4.98 Å². The molecule has 94 valence electrons. The highest BCUT2D eigenvalue weighted by atomic mass is 32.1. The maximum atomic E-state index is 11.9. The minimum atomic E-state index is -0.321. The van der Waals surface area contributed by atoms with Crippen LogP contribution in [0.15, 0.2) is 16.9 Å².